The van der Waals surface area contributed by atoms with Crippen molar-refractivity contribution >= 4 is 16.3 Å². The summed E-state index contributed by atoms with van der Waals surface area (Å²) in [5, 5.41) is 0. The summed E-state index contributed by atoms with van der Waals surface area (Å²) in [5.41, 5.74) is -0.420. The first-order valence-electron chi connectivity index (χ1n) is 3.90. The van der Waals surface area contributed by atoms with Gasteiger partial charge in [-0.3, -0.25) is 4.79 Å². The van der Waals surface area contributed by atoms with E-state index in [0.29, 0.717) is 16.9 Å². The Hall–Kier alpha value is -0.193. The molecule has 0 radical (unpaired) electrons. The molecule has 2 fully saturated rings. The maximum atomic E-state index is 11.3. The van der Waals surface area contributed by atoms with Gasteiger partial charge in [-0.2, -0.15) is 0 Å². The highest BCUT2D eigenvalue weighted by Gasteiger charge is 2.61. The van der Waals surface area contributed by atoms with Crippen molar-refractivity contribution in [3.8, 4) is 0 Å². The Morgan fingerprint density at radius 2 is 2.55 bits per heavy atom. The van der Waals surface area contributed by atoms with Gasteiger partial charge < -0.3 is 9.16 Å². The molecule has 11 heavy (non-hydrogen) atoms. The van der Waals surface area contributed by atoms with Gasteiger partial charge in [0.2, 0.25) is 0 Å². The number of ether oxygens (including phenoxy) is 1. The van der Waals surface area contributed by atoms with Crippen molar-refractivity contribution in [3.63, 3.8) is 0 Å². The van der Waals surface area contributed by atoms with Crippen LogP contribution in [0, 0.1) is 0 Å². The predicted octanol–water partition coefficient (Wildman–Crippen LogP) is -0.828. The zero-order valence-corrected chi connectivity index (χ0v) is 8.79. The molecule has 0 aromatic carbocycles. The van der Waals surface area contributed by atoms with Crippen molar-refractivity contribution in [2.24, 2.45) is 0 Å². The average Bonchev–Trinajstić information content (AvgIpc) is 2.62. The van der Waals surface area contributed by atoms with Crippen molar-refractivity contribution in [1.29, 1.82) is 0 Å². The Labute approximate surface area is 68.6 Å². The summed E-state index contributed by atoms with van der Waals surface area (Å²) in [7, 11) is 0.714. The first-order chi connectivity index (χ1) is 5.16. The summed E-state index contributed by atoms with van der Waals surface area (Å²) in [6.07, 6.45) is 1.76. The van der Waals surface area contributed by atoms with Gasteiger partial charge in [-0.05, 0) is 6.92 Å². The number of epoxide rings is 1. The van der Waals surface area contributed by atoms with Crippen LogP contribution in [0.15, 0.2) is 0 Å². The first-order valence-corrected chi connectivity index (χ1v) is 4.72. The van der Waals surface area contributed by atoms with Gasteiger partial charge in [0.25, 0.3) is 0 Å². The van der Waals surface area contributed by atoms with Gasteiger partial charge in [-0.15, -0.1) is 0 Å². The molecule has 3 atom stereocenters. The maximum Gasteiger partial charge on any atom is 0.169 e. The van der Waals surface area contributed by atoms with Crippen LogP contribution in [0.5, 0.6) is 0 Å². The van der Waals surface area contributed by atoms with E-state index in [1.807, 2.05) is 6.92 Å². The molecule has 0 N–H and O–H groups in total. The molecule has 1 aliphatic carbocycles. The first kappa shape index (κ1) is 7.46. The number of hydrogen-bond acceptors (Lipinski definition) is 3. The van der Waals surface area contributed by atoms with Crippen molar-refractivity contribution < 1.29 is 14.0 Å². The lowest BCUT2D eigenvalue weighted by atomic mass is 9.88. The van der Waals surface area contributed by atoms with Crippen LogP contribution in [0.3, 0.4) is 0 Å². The number of carbonyl (C=O) groups is 1. The summed E-state index contributed by atoms with van der Waals surface area (Å²) in [4.78, 5) is 11.3. The molecule has 3 unspecified atom stereocenters. The fourth-order valence-corrected chi connectivity index (χ4v) is 2.05. The Morgan fingerprint density at radius 3 is 3.09 bits per heavy atom. The van der Waals surface area contributed by atoms with Gasteiger partial charge in [-0.1, -0.05) is 0 Å². The van der Waals surface area contributed by atoms with Crippen molar-refractivity contribution in [3.05, 3.63) is 0 Å². The van der Waals surface area contributed by atoms with Gasteiger partial charge in [0.15, 0.2) is 5.78 Å². The molecule has 0 aromatic heterocycles. The molecule has 1 aliphatic heterocycles. The Bertz CT molecular complexity index is 206. The van der Waals surface area contributed by atoms with Crippen LogP contribution < -0.4 is 0 Å². The van der Waals surface area contributed by atoms with Gasteiger partial charge in [0, 0.05) is 12.8 Å². The molecule has 0 aromatic rings. The predicted molar refractivity (Wildman–Crippen MR) is 42.3 cm³/mol. The number of Topliss-reactive ketones (excluding diaryl/α,β-unsaturated/α-hetero) is 1. The fraction of sp³-hybridized carbons (Fsp3) is 0.857. The number of rotatable bonds is 1. The molecule has 0 bridgehead atoms. The lowest BCUT2D eigenvalue weighted by Gasteiger charge is -2.20. The molecule has 1 saturated carbocycles. The lowest BCUT2D eigenvalue weighted by molar-refractivity contribution is -0.125. The van der Waals surface area contributed by atoms with Crippen LogP contribution in [-0.2, 0) is 14.0 Å². The normalized spacial score (nSPS) is 49.0. The zero-order chi connectivity index (χ0) is 8.06. The molecule has 1 heterocycles. The molecule has 3 nitrogen and oxygen atoms in total. The Balaban J connectivity index is 2.08. The topological polar surface area (TPSA) is 38.8 Å². The van der Waals surface area contributed by atoms with Gasteiger partial charge >= 0.3 is 0 Å². The van der Waals surface area contributed by atoms with Gasteiger partial charge in [-0.25, -0.2) is 0 Å². The van der Waals surface area contributed by atoms with Crippen LogP contribution >= 0.6 is 0 Å². The SMILES string of the molecule is CC12OC1CC(O[SiH3])CC2=O. The van der Waals surface area contributed by atoms with E-state index in [-0.39, 0.29) is 18.0 Å². The molecular weight excluding hydrogens is 160 g/mol. The second-order valence-corrected chi connectivity index (χ2v) is 3.91. The highest BCUT2D eigenvalue weighted by Crippen LogP contribution is 2.45. The molecule has 2 aliphatic rings. The molecule has 62 valence electrons. The molecule has 2 rings (SSSR count). The van der Waals surface area contributed by atoms with Crippen molar-refractivity contribution in [2.75, 3.05) is 0 Å². The highest BCUT2D eigenvalue weighted by atomic mass is 28.2. The summed E-state index contributed by atoms with van der Waals surface area (Å²) in [6, 6.07) is 0. The third kappa shape index (κ3) is 0.971. The molecule has 1 saturated heterocycles. The number of fused-ring (bicyclic) bond motifs is 1. The van der Waals surface area contributed by atoms with Crippen molar-refractivity contribution in [1.82, 2.24) is 0 Å². The van der Waals surface area contributed by atoms with E-state index in [9.17, 15) is 4.79 Å². The van der Waals surface area contributed by atoms with E-state index >= 15 is 0 Å². The molecule has 0 amide bonds. The van der Waals surface area contributed by atoms with Gasteiger partial charge in [0.1, 0.15) is 16.1 Å². The summed E-state index contributed by atoms with van der Waals surface area (Å²) in [6.45, 7) is 1.88. The van der Waals surface area contributed by atoms with Crippen molar-refractivity contribution in [2.45, 2.75) is 37.6 Å². The molecule has 0 spiro atoms. The third-order valence-electron chi connectivity index (χ3n) is 2.72. The minimum atomic E-state index is -0.420. The minimum absolute atomic E-state index is 0.148. The van der Waals surface area contributed by atoms with E-state index in [1.54, 1.807) is 0 Å². The molecule has 4 heteroatoms. The van der Waals surface area contributed by atoms with Crippen LogP contribution in [0.25, 0.3) is 0 Å². The second kappa shape index (κ2) is 2.15. The van der Waals surface area contributed by atoms with E-state index in [1.165, 1.54) is 0 Å². The van der Waals surface area contributed by atoms with E-state index in [0.717, 1.165) is 6.42 Å². The third-order valence-corrected chi connectivity index (χ3v) is 3.39. The lowest BCUT2D eigenvalue weighted by Crippen LogP contribution is -2.35. The Morgan fingerprint density at radius 1 is 1.82 bits per heavy atom. The molecular formula is C7H12O3Si. The Kier molecular flexibility index (Phi) is 1.46. The monoisotopic (exact) mass is 172 g/mol. The smallest absolute Gasteiger partial charge is 0.169 e. The standard InChI is InChI=1S/C7H12O3Si/c1-7-5(8)2-4(10-11)3-6(7)9-7/h4,6H,2-3H2,1,11H3. The summed E-state index contributed by atoms with van der Waals surface area (Å²) < 4.78 is 10.5. The minimum Gasteiger partial charge on any atom is -0.425 e. The van der Waals surface area contributed by atoms with E-state index < -0.39 is 5.60 Å². The second-order valence-electron chi connectivity index (χ2n) is 3.43. The van der Waals surface area contributed by atoms with E-state index in [4.69, 9.17) is 9.16 Å². The van der Waals surface area contributed by atoms with Crippen LogP contribution in [0.2, 0.25) is 0 Å². The maximum absolute atomic E-state index is 11.3. The number of hydrogen-bond donors (Lipinski definition) is 0. The highest BCUT2D eigenvalue weighted by molar-refractivity contribution is 5.99. The van der Waals surface area contributed by atoms with Crippen LogP contribution in [-0.4, -0.2) is 34.1 Å². The number of ketones is 1. The average molecular weight is 172 g/mol. The largest absolute Gasteiger partial charge is 0.425 e. The fourth-order valence-electron chi connectivity index (χ4n) is 1.69. The van der Waals surface area contributed by atoms with E-state index in [2.05, 4.69) is 0 Å². The van der Waals surface area contributed by atoms with Crippen LogP contribution in [0.4, 0.5) is 0 Å². The summed E-state index contributed by atoms with van der Waals surface area (Å²) in [5.74, 6) is 0.217. The summed E-state index contributed by atoms with van der Waals surface area (Å²) >= 11 is 0. The van der Waals surface area contributed by atoms with Gasteiger partial charge in [0.05, 0.1) is 12.2 Å². The number of carbonyl (C=O) groups excluding carboxylic acids is 1. The quantitative estimate of drug-likeness (QED) is 0.383. The zero-order valence-electron chi connectivity index (χ0n) is 6.79. The van der Waals surface area contributed by atoms with Crippen LogP contribution in [0.1, 0.15) is 19.8 Å².